The Morgan fingerprint density at radius 3 is 2.40 bits per heavy atom. The van der Waals surface area contributed by atoms with E-state index in [4.69, 9.17) is 0 Å². The summed E-state index contributed by atoms with van der Waals surface area (Å²) >= 11 is 3.43. The van der Waals surface area contributed by atoms with Gasteiger partial charge in [0.05, 0.1) is 5.41 Å². The van der Waals surface area contributed by atoms with E-state index in [9.17, 15) is 14.4 Å². The van der Waals surface area contributed by atoms with Gasteiger partial charge >= 0.3 is 0 Å². The summed E-state index contributed by atoms with van der Waals surface area (Å²) in [5.41, 5.74) is 2.19. The Hall–Kier alpha value is -2.47. The zero-order chi connectivity index (χ0) is 21.6. The van der Waals surface area contributed by atoms with E-state index in [-0.39, 0.29) is 17.7 Å². The van der Waals surface area contributed by atoms with Crippen molar-refractivity contribution in [3.05, 3.63) is 64.1 Å². The van der Waals surface area contributed by atoms with E-state index in [2.05, 4.69) is 38.7 Å². The van der Waals surface area contributed by atoms with Crippen LogP contribution in [-0.4, -0.2) is 17.7 Å². The molecule has 1 saturated heterocycles. The summed E-state index contributed by atoms with van der Waals surface area (Å²) in [6, 6.07) is 15.7. The summed E-state index contributed by atoms with van der Waals surface area (Å²) in [6.07, 6.45) is 4.70. The second-order valence-electron chi connectivity index (χ2n) is 7.77. The van der Waals surface area contributed by atoms with E-state index >= 15 is 0 Å². The highest BCUT2D eigenvalue weighted by atomic mass is 79.9. The van der Waals surface area contributed by atoms with Crippen LogP contribution >= 0.6 is 15.9 Å². The van der Waals surface area contributed by atoms with E-state index in [1.807, 2.05) is 43.3 Å². The molecule has 0 radical (unpaired) electrons. The molecular formula is C24H27BrN2O3. The van der Waals surface area contributed by atoms with Crippen molar-refractivity contribution >= 4 is 39.3 Å². The van der Waals surface area contributed by atoms with Gasteiger partial charge in [-0.25, -0.2) is 0 Å². The number of carbonyl (C=O) groups is 3. The normalized spacial score (nSPS) is 18.7. The number of unbranched alkanes of at least 4 members (excludes halogenated alkanes) is 1. The van der Waals surface area contributed by atoms with Crippen molar-refractivity contribution in [3.8, 4) is 0 Å². The minimum absolute atomic E-state index is 0.00947. The molecule has 0 aliphatic carbocycles. The van der Waals surface area contributed by atoms with Gasteiger partial charge in [0.15, 0.2) is 0 Å². The molecular weight excluding hydrogens is 444 g/mol. The van der Waals surface area contributed by atoms with E-state index < -0.39 is 5.41 Å². The van der Waals surface area contributed by atoms with Crippen LogP contribution in [0.15, 0.2) is 53.0 Å². The first-order chi connectivity index (χ1) is 14.4. The second-order valence-corrected chi connectivity index (χ2v) is 8.69. The number of benzene rings is 2. The quantitative estimate of drug-likeness (QED) is 0.426. The van der Waals surface area contributed by atoms with Gasteiger partial charge in [0.25, 0.3) is 0 Å². The highest BCUT2D eigenvalue weighted by Gasteiger charge is 2.42. The molecule has 1 atom stereocenters. The third kappa shape index (κ3) is 5.36. The van der Waals surface area contributed by atoms with E-state index in [0.717, 1.165) is 35.0 Å². The van der Waals surface area contributed by atoms with E-state index in [0.29, 0.717) is 25.7 Å². The number of imide groups is 1. The number of hydrogen-bond acceptors (Lipinski definition) is 3. The fourth-order valence-corrected chi connectivity index (χ4v) is 4.19. The lowest BCUT2D eigenvalue weighted by Gasteiger charge is -2.35. The highest BCUT2D eigenvalue weighted by molar-refractivity contribution is 9.10. The van der Waals surface area contributed by atoms with E-state index in [1.54, 1.807) is 0 Å². The third-order valence-corrected chi connectivity index (χ3v) is 6.35. The summed E-state index contributed by atoms with van der Waals surface area (Å²) in [6.45, 7) is 1.96. The summed E-state index contributed by atoms with van der Waals surface area (Å²) in [5.74, 6) is -0.457. The van der Waals surface area contributed by atoms with Gasteiger partial charge in [-0.05, 0) is 67.5 Å². The molecule has 0 saturated carbocycles. The van der Waals surface area contributed by atoms with Gasteiger partial charge in [-0.3, -0.25) is 19.7 Å². The number of nitrogens with one attached hydrogen (secondary N) is 2. The molecule has 0 aromatic heterocycles. The molecule has 0 spiro atoms. The van der Waals surface area contributed by atoms with Crippen LogP contribution in [0.2, 0.25) is 0 Å². The number of rotatable bonds is 8. The molecule has 3 rings (SSSR count). The van der Waals surface area contributed by atoms with Gasteiger partial charge in [-0.15, -0.1) is 0 Å². The molecule has 30 heavy (non-hydrogen) atoms. The van der Waals surface area contributed by atoms with Gasteiger partial charge in [0.1, 0.15) is 0 Å². The molecule has 158 valence electrons. The van der Waals surface area contributed by atoms with E-state index in [1.165, 1.54) is 5.56 Å². The van der Waals surface area contributed by atoms with Gasteiger partial charge in [0, 0.05) is 23.0 Å². The summed E-state index contributed by atoms with van der Waals surface area (Å²) < 4.78 is 1.07. The molecule has 3 amide bonds. The summed E-state index contributed by atoms with van der Waals surface area (Å²) in [4.78, 5) is 36.2. The Bertz CT molecular complexity index is 909. The monoisotopic (exact) mass is 470 g/mol. The minimum atomic E-state index is -0.677. The van der Waals surface area contributed by atoms with Crippen LogP contribution in [0.5, 0.6) is 0 Å². The smallest absolute Gasteiger partial charge is 0.237 e. The van der Waals surface area contributed by atoms with Crippen LogP contribution in [-0.2, 0) is 26.2 Å². The first kappa shape index (κ1) is 22.2. The maximum Gasteiger partial charge on any atom is 0.237 e. The van der Waals surface area contributed by atoms with Crippen molar-refractivity contribution in [2.45, 2.75) is 57.3 Å². The zero-order valence-electron chi connectivity index (χ0n) is 17.2. The van der Waals surface area contributed by atoms with Gasteiger partial charge in [-0.1, -0.05) is 47.1 Å². The predicted molar refractivity (Wildman–Crippen MR) is 121 cm³/mol. The maximum atomic E-state index is 12.5. The molecule has 2 aromatic carbocycles. The fourth-order valence-electron chi connectivity index (χ4n) is 3.93. The lowest BCUT2D eigenvalue weighted by Crippen LogP contribution is -2.51. The largest absolute Gasteiger partial charge is 0.326 e. The van der Waals surface area contributed by atoms with Crippen LogP contribution in [0.25, 0.3) is 0 Å². The molecule has 1 aliphatic heterocycles. The summed E-state index contributed by atoms with van der Waals surface area (Å²) in [7, 11) is 0. The van der Waals surface area contributed by atoms with Crippen molar-refractivity contribution < 1.29 is 14.4 Å². The van der Waals surface area contributed by atoms with Crippen molar-refractivity contribution in [1.82, 2.24) is 5.32 Å². The average molecular weight is 471 g/mol. The third-order valence-electron chi connectivity index (χ3n) is 5.82. The molecule has 1 unspecified atom stereocenters. The molecule has 2 N–H and O–H groups in total. The number of anilines is 1. The molecule has 0 bridgehead atoms. The number of halogens is 1. The SMILES string of the molecule is CCC1(c2ccc(NC(=O)CCCCc3ccc(Br)cc3)cc2)CCC(=O)NC1=O. The Balaban J connectivity index is 1.50. The first-order valence-electron chi connectivity index (χ1n) is 10.4. The molecule has 1 fully saturated rings. The molecule has 1 heterocycles. The molecule has 1 aliphatic rings. The van der Waals surface area contributed by atoms with Crippen LogP contribution in [0.3, 0.4) is 0 Å². The van der Waals surface area contributed by atoms with Crippen molar-refractivity contribution in [2.75, 3.05) is 5.32 Å². The van der Waals surface area contributed by atoms with Crippen molar-refractivity contribution in [3.63, 3.8) is 0 Å². The van der Waals surface area contributed by atoms with Gasteiger partial charge < -0.3 is 5.32 Å². The average Bonchev–Trinajstić information content (AvgIpc) is 2.74. The standard InChI is InChI=1S/C24H27BrN2O3/c1-2-24(16-15-22(29)27-23(24)30)18-9-13-20(14-10-18)26-21(28)6-4-3-5-17-7-11-19(25)12-8-17/h7-14H,2-6,15-16H2,1H3,(H,26,28)(H,27,29,30). The Morgan fingerprint density at radius 1 is 1.07 bits per heavy atom. The lowest BCUT2D eigenvalue weighted by atomic mass is 9.72. The number of carbonyl (C=O) groups excluding carboxylic acids is 3. The van der Waals surface area contributed by atoms with Crippen LogP contribution in [0.4, 0.5) is 5.69 Å². The van der Waals surface area contributed by atoms with Gasteiger partial charge in [-0.2, -0.15) is 0 Å². The van der Waals surface area contributed by atoms with Gasteiger partial charge in [0.2, 0.25) is 17.7 Å². The van der Waals surface area contributed by atoms with Crippen LogP contribution < -0.4 is 10.6 Å². The van der Waals surface area contributed by atoms with Crippen LogP contribution in [0, 0.1) is 0 Å². The molecule has 6 heteroatoms. The minimum Gasteiger partial charge on any atom is -0.326 e. The highest BCUT2D eigenvalue weighted by Crippen LogP contribution is 2.36. The number of amides is 3. The first-order valence-corrected chi connectivity index (χ1v) is 11.2. The number of hydrogen-bond donors (Lipinski definition) is 2. The topological polar surface area (TPSA) is 75.3 Å². The maximum absolute atomic E-state index is 12.5. The Kier molecular flexibility index (Phi) is 7.43. The van der Waals surface area contributed by atoms with Crippen LogP contribution in [0.1, 0.15) is 56.6 Å². The fraction of sp³-hybridized carbons (Fsp3) is 0.375. The van der Waals surface area contributed by atoms with Crippen molar-refractivity contribution in [1.29, 1.82) is 0 Å². The predicted octanol–water partition coefficient (Wildman–Crippen LogP) is 4.89. The summed E-state index contributed by atoms with van der Waals surface area (Å²) in [5, 5.41) is 5.39. The Labute approximate surface area is 185 Å². The lowest BCUT2D eigenvalue weighted by molar-refractivity contribution is -0.138. The molecule has 5 nitrogen and oxygen atoms in total. The van der Waals surface area contributed by atoms with Crippen molar-refractivity contribution in [2.24, 2.45) is 0 Å². The molecule has 2 aromatic rings. The zero-order valence-corrected chi connectivity index (χ0v) is 18.8. The Morgan fingerprint density at radius 2 is 1.77 bits per heavy atom. The number of aryl methyl sites for hydroxylation is 1. The number of piperidine rings is 1. The second kappa shape index (κ2) is 10.0.